The first kappa shape index (κ1) is 15.1. The predicted octanol–water partition coefficient (Wildman–Crippen LogP) is 4.32. The lowest BCUT2D eigenvalue weighted by atomic mass is 10.1. The first-order chi connectivity index (χ1) is 10.1. The molecule has 110 valence electrons. The van der Waals surface area contributed by atoms with Gasteiger partial charge in [0.15, 0.2) is 0 Å². The highest BCUT2D eigenvalue weighted by Gasteiger charge is 2.12. The zero-order valence-corrected chi connectivity index (χ0v) is 12.8. The average molecular weight is 282 g/mol. The maximum atomic E-state index is 12.5. The third kappa shape index (κ3) is 3.85. The fourth-order valence-electron chi connectivity index (χ4n) is 2.26. The van der Waals surface area contributed by atoms with Gasteiger partial charge in [0.2, 0.25) is 0 Å². The topological polar surface area (TPSA) is 41.1 Å². The fraction of sp³-hybridized carbons (Fsp3) is 0.278. The van der Waals surface area contributed by atoms with E-state index in [1.54, 1.807) is 0 Å². The number of hydrogen-bond donors (Lipinski definition) is 2. The van der Waals surface area contributed by atoms with E-state index in [4.69, 9.17) is 0 Å². The molecule has 3 heteroatoms. The quantitative estimate of drug-likeness (QED) is 0.857. The molecular weight excluding hydrogens is 260 g/mol. The van der Waals surface area contributed by atoms with E-state index in [1.807, 2.05) is 48.5 Å². The van der Waals surface area contributed by atoms with Gasteiger partial charge in [-0.3, -0.25) is 4.79 Å². The van der Waals surface area contributed by atoms with Gasteiger partial charge in [-0.1, -0.05) is 37.3 Å². The number of nitrogens with one attached hydrogen (secondary N) is 2. The molecule has 0 radical (unpaired) electrons. The van der Waals surface area contributed by atoms with Crippen LogP contribution in [0.5, 0.6) is 0 Å². The SMILES string of the molecule is CCc1ccccc1NC(=O)c1ccccc1NC(C)C. The molecule has 2 rings (SSSR count). The van der Waals surface area contributed by atoms with Crippen LogP contribution >= 0.6 is 0 Å². The van der Waals surface area contributed by atoms with Crippen LogP contribution in [0.25, 0.3) is 0 Å². The molecule has 2 N–H and O–H groups in total. The lowest BCUT2D eigenvalue weighted by molar-refractivity contribution is 0.102. The lowest BCUT2D eigenvalue weighted by Gasteiger charge is -2.15. The number of hydrogen-bond acceptors (Lipinski definition) is 2. The number of anilines is 2. The third-order valence-corrected chi connectivity index (χ3v) is 3.26. The number of amides is 1. The van der Waals surface area contributed by atoms with Gasteiger partial charge in [0, 0.05) is 17.4 Å². The Balaban J connectivity index is 2.24. The molecule has 0 aliphatic carbocycles. The summed E-state index contributed by atoms with van der Waals surface area (Å²) in [6, 6.07) is 15.8. The molecule has 0 aliphatic heterocycles. The Morgan fingerprint density at radius 2 is 1.62 bits per heavy atom. The van der Waals surface area contributed by atoms with Crippen LogP contribution in [0.15, 0.2) is 48.5 Å². The van der Waals surface area contributed by atoms with Crippen molar-refractivity contribution >= 4 is 17.3 Å². The smallest absolute Gasteiger partial charge is 0.257 e. The minimum atomic E-state index is -0.0837. The number of rotatable bonds is 5. The standard InChI is InChI=1S/C18H22N2O/c1-4-14-9-5-7-11-16(14)20-18(21)15-10-6-8-12-17(15)19-13(2)3/h5-13,19H,4H2,1-3H3,(H,20,21). The number of para-hydroxylation sites is 2. The van der Waals surface area contributed by atoms with Gasteiger partial charge in [-0.2, -0.15) is 0 Å². The van der Waals surface area contributed by atoms with Crippen molar-refractivity contribution in [1.82, 2.24) is 0 Å². The minimum Gasteiger partial charge on any atom is -0.382 e. The Morgan fingerprint density at radius 3 is 2.29 bits per heavy atom. The normalized spacial score (nSPS) is 10.5. The zero-order valence-electron chi connectivity index (χ0n) is 12.8. The molecule has 2 aromatic rings. The molecule has 2 aromatic carbocycles. The van der Waals surface area contributed by atoms with E-state index < -0.39 is 0 Å². The first-order valence-electron chi connectivity index (χ1n) is 7.36. The molecule has 0 bridgehead atoms. The van der Waals surface area contributed by atoms with Crippen molar-refractivity contribution in [1.29, 1.82) is 0 Å². The van der Waals surface area contributed by atoms with Gasteiger partial charge in [0.05, 0.1) is 5.56 Å². The second kappa shape index (κ2) is 6.93. The van der Waals surface area contributed by atoms with E-state index in [2.05, 4.69) is 31.4 Å². The van der Waals surface area contributed by atoms with Crippen LogP contribution < -0.4 is 10.6 Å². The summed E-state index contributed by atoms with van der Waals surface area (Å²) in [6.07, 6.45) is 0.891. The summed E-state index contributed by atoms with van der Waals surface area (Å²) in [5, 5.41) is 6.32. The maximum Gasteiger partial charge on any atom is 0.257 e. The Bertz CT molecular complexity index is 620. The largest absolute Gasteiger partial charge is 0.382 e. The number of carbonyl (C=O) groups excluding carboxylic acids is 1. The highest BCUT2D eigenvalue weighted by molar-refractivity contribution is 6.08. The zero-order chi connectivity index (χ0) is 15.2. The molecule has 0 saturated heterocycles. The van der Waals surface area contributed by atoms with Crippen molar-refractivity contribution in [3.63, 3.8) is 0 Å². The monoisotopic (exact) mass is 282 g/mol. The van der Waals surface area contributed by atoms with E-state index in [0.717, 1.165) is 23.4 Å². The van der Waals surface area contributed by atoms with Crippen molar-refractivity contribution in [2.45, 2.75) is 33.2 Å². The van der Waals surface area contributed by atoms with Gasteiger partial charge in [-0.15, -0.1) is 0 Å². The second-order valence-corrected chi connectivity index (χ2v) is 5.31. The molecule has 0 fully saturated rings. The van der Waals surface area contributed by atoms with Crippen LogP contribution in [-0.2, 0) is 6.42 Å². The van der Waals surface area contributed by atoms with E-state index in [-0.39, 0.29) is 11.9 Å². The highest BCUT2D eigenvalue weighted by atomic mass is 16.1. The number of aryl methyl sites for hydroxylation is 1. The molecule has 1 amide bonds. The molecule has 0 atom stereocenters. The summed E-state index contributed by atoms with van der Waals surface area (Å²) in [7, 11) is 0. The number of benzene rings is 2. The molecule has 0 saturated carbocycles. The van der Waals surface area contributed by atoms with Gasteiger partial charge in [0.1, 0.15) is 0 Å². The fourth-order valence-corrected chi connectivity index (χ4v) is 2.26. The molecular formula is C18H22N2O. The Hall–Kier alpha value is -2.29. The van der Waals surface area contributed by atoms with Crippen molar-refractivity contribution in [2.75, 3.05) is 10.6 Å². The maximum absolute atomic E-state index is 12.5. The molecule has 0 aromatic heterocycles. The summed E-state index contributed by atoms with van der Waals surface area (Å²) >= 11 is 0. The van der Waals surface area contributed by atoms with E-state index >= 15 is 0 Å². The van der Waals surface area contributed by atoms with Crippen molar-refractivity contribution < 1.29 is 4.79 Å². The summed E-state index contributed by atoms with van der Waals surface area (Å²) in [4.78, 5) is 12.5. The Morgan fingerprint density at radius 1 is 1.00 bits per heavy atom. The second-order valence-electron chi connectivity index (χ2n) is 5.31. The van der Waals surface area contributed by atoms with E-state index in [1.165, 1.54) is 0 Å². The van der Waals surface area contributed by atoms with Gasteiger partial charge in [-0.25, -0.2) is 0 Å². The van der Waals surface area contributed by atoms with Crippen LogP contribution in [0.4, 0.5) is 11.4 Å². The summed E-state index contributed by atoms with van der Waals surface area (Å²) in [6.45, 7) is 6.20. The molecule has 0 spiro atoms. The molecule has 3 nitrogen and oxygen atoms in total. The summed E-state index contributed by atoms with van der Waals surface area (Å²) in [5.74, 6) is -0.0837. The Kier molecular flexibility index (Phi) is 4.99. The van der Waals surface area contributed by atoms with Crippen LogP contribution in [0.2, 0.25) is 0 Å². The van der Waals surface area contributed by atoms with Crippen LogP contribution in [0.3, 0.4) is 0 Å². The van der Waals surface area contributed by atoms with E-state index in [9.17, 15) is 4.79 Å². The van der Waals surface area contributed by atoms with Gasteiger partial charge in [0.25, 0.3) is 5.91 Å². The average Bonchev–Trinajstić information content (AvgIpc) is 2.47. The van der Waals surface area contributed by atoms with Crippen molar-refractivity contribution in [2.24, 2.45) is 0 Å². The molecule has 21 heavy (non-hydrogen) atoms. The summed E-state index contributed by atoms with van der Waals surface area (Å²) < 4.78 is 0. The van der Waals surface area contributed by atoms with E-state index in [0.29, 0.717) is 5.56 Å². The lowest BCUT2D eigenvalue weighted by Crippen LogP contribution is -2.18. The van der Waals surface area contributed by atoms with Gasteiger partial charge < -0.3 is 10.6 Å². The third-order valence-electron chi connectivity index (χ3n) is 3.26. The van der Waals surface area contributed by atoms with Crippen LogP contribution in [0, 0.1) is 0 Å². The molecule has 0 aliphatic rings. The minimum absolute atomic E-state index is 0.0837. The highest BCUT2D eigenvalue weighted by Crippen LogP contribution is 2.20. The van der Waals surface area contributed by atoms with Gasteiger partial charge in [-0.05, 0) is 44.0 Å². The van der Waals surface area contributed by atoms with Crippen LogP contribution in [0.1, 0.15) is 36.7 Å². The Labute approximate surface area is 126 Å². The predicted molar refractivity (Wildman–Crippen MR) is 89.0 cm³/mol. The van der Waals surface area contributed by atoms with Crippen LogP contribution in [-0.4, -0.2) is 11.9 Å². The number of carbonyl (C=O) groups is 1. The molecule has 0 heterocycles. The van der Waals surface area contributed by atoms with Crippen molar-refractivity contribution in [3.05, 3.63) is 59.7 Å². The van der Waals surface area contributed by atoms with Crippen molar-refractivity contribution in [3.8, 4) is 0 Å². The summed E-state index contributed by atoms with van der Waals surface area (Å²) in [5.41, 5.74) is 3.54. The molecule has 0 unspecified atom stereocenters. The first-order valence-corrected chi connectivity index (χ1v) is 7.36. The van der Waals surface area contributed by atoms with Gasteiger partial charge >= 0.3 is 0 Å².